The van der Waals surface area contributed by atoms with Gasteiger partial charge in [-0.1, -0.05) is 0 Å². The van der Waals surface area contributed by atoms with Crippen molar-refractivity contribution in [1.29, 1.82) is 0 Å². The first-order chi connectivity index (χ1) is 13.1. The van der Waals surface area contributed by atoms with Gasteiger partial charge in [-0.05, 0) is 12.8 Å². The van der Waals surface area contributed by atoms with Gasteiger partial charge in [0, 0.05) is 45.3 Å². The van der Waals surface area contributed by atoms with Gasteiger partial charge in [0.05, 0.1) is 19.5 Å². The molecule has 0 aromatic carbocycles. The number of methoxy groups -OCH3 is 1. The Morgan fingerprint density at radius 2 is 1.89 bits per heavy atom. The van der Waals surface area contributed by atoms with Crippen molar-refractivity contribution in [3.63, 3.8) is 0 Å². The Morgan fingerprint density at radius 1 is 1.15 bits per heavy atom. The van der Waals surface area contributed by atoms with Crippen LogP contribution in [-0.4, -0.2) is 69.8 Å². The zero-order chi connectivity index (χ0) is 18.8. The van der Waals surface area contributed by atoms with Crippen molar-refractivity contribution in [2.45, 2.75) is 32.0 Å². The van der Waals surface area contributed by atoms with E-state index in [2.05, 4.69) is 19.9 Å². The minimum absolute atomic E-state index is 0.0992. The van der Waals surface area contributed by atoms with Crippen LogP contribution in [0.5, 0.6) is 5.75 Å². The van der Waals surface area contributed by atoms with E-state index in [-0.39, 0.29) is 5.91 Å². The summed E-state index contributed by atoms with van der Waals surface area (Å²) in [5, 5.41) is 0. The zero-order valence-corrected chi connectivity index (χ0v) is 15.3. The number of aromatic nitrogens is 4. The number of alkyl halides is 1. The third-order valence-electron chi connectivity index (χ3n) is 5.14. The van der Waals surface area contributed by atoms with Gasteiger partial charge in [0.2, 0.25) is 5.95 Å². The predicted octanol–water partition coefficient (Wildman–Crippen LogP) is 1.32. The van der Waals surface area contributed by atoms with E-state index in [9.17, 15) is 9.18 Å². The van der Waals surface area contributed by atoms with Gasteiger partial charge in [0.1, 0.15) is 17.7 Å². The van der Waals surface area contributed by atoms with E-state index < -0.39 is 6.17 Å². The maximum atomic E-state index is 13.3. The zero-order valence-electron chi connectivity index (χ0n) is 15.3. The van der Waals surface area contributed by atoms with Crippen LogP contribution in [0.3, 0.4) is 0 Å². The van der Waals surface area contributed by atoms with Gasteiger partial charge in [-0.2, -0.15) is 0 Å². The van der Waals surface area contributed by atoms with E-state index in [4.69, 9.17) is 4.74 Å². The Kier molecular flexibility index (Phi) is 4.91. The molecular weight excluding hydrogens is 351 g/mol. The number of amides is 1. The summed E-state index contributed by atoms with van der Waals surface area (Å²) >= 11 is 0. The summed E-state index contributed by atoms with van der Waals surface area (Å²) < 4.78 is 20.4. The van der Waals surface area contributed by atoms with E-state index in [1.54, 1.807) is 24.4 Å². The highest BCUT2D eigenvalue weighted by Crippen LogP contribution is 2.19. The van der Waals surface area contributed by atoms with Crippen molar-refractivity contribution >= 4 is 11.9 Å². The number of carbonyl (C=O) groups excluding carboxylic acids is 1. The highest BCUT2D eigenvalue weighted by molar-refractivity contribution is 5.92. The Bertz CT molecular complexity index is 775. The van der Waals surface area contributed by atoms with Crippen LogP contribution >= 0.6 is 0 Å². The molecule has 4 heterocycles. The number of hydrogen-bond donors (Lipinski definition) is 0. The second kappa shape index (κ2) is 7.50. The molecule has 1 fully saturated rings. The van der Waals surface area contributed by atoms with E-state index in [0.29, 0.717) is 56.3 Å². The Labute approximate surface area is 157 Å². The number of halogens is 1. The quantitative estimate of drug-likeness (QED) is 0.807. The lowest BCUT2D eigenvalue weighted by Gasteiger charge is -2.28. The average Bonchev–Trinajstić information content (AvgIpc) is 3.01. The largest absolute Gasteiger partial charge is 0.494 e. The summed E-state index contributed by atoms with van der Waals surface area (Å²) in [6, 6.07) is 0. The number of carbonyl (C=O) groups is 1. The molecule has 0 saturated carbocycles. The Morgan fingerprint density at radius 3 is 2.59 bits per heavy atom. The van der Waals surface area contributed by atoms with Gasteiger partial charge in [-0.15, -0.1) is 0 Å². The minimum Gasteiger partial charge on any atom is -0.494 e. The van der Waals surface area contributed by atoms with Gasteiger partial charge in [0.15, 0.2) is 5.75 Å². The number of hydrogen-bond acceptors (Lipinski definition) is 6. The molecule has 0 bridgehead atoms. The summed E-state index contributed by atoms with van der Waals surface area (Å²) in [6.07, 6.45) is 5.87. The molecule has 8 nitrogen and oxygen atoms in total. The minimum atomic E-state index is -0.793. The predicted molar refractivity (Wildman–Crippen MR) is 96.8 cm³/mol. The number of likely N-dealkylation sites (tertiary alicyclic amines) is 1. The van der Waals surface area contributed by atoms with E-state index in [1.807, 2.05) is 10.8 Å². The van der Waals surface area contributed by atoms with Crippen LogP contribution in [-0.2, 0) is 13.0 Å². The lowest BCUT2D eigenvalue weighted by Crippen LogP contribution is -2.39. The third-order valence-corrected chi connectivity index (χ3v) is 5.14. The lowest BCUT2D eigenvalue weighted by molar-refractivity contribution is 0.0661. The number of imidazole rings is 1. The van der Waals surface area contributed by atoms with Crippen LogP contribution in [0.15, 0.2) is 18.6 Å². The molecule has 0 aliphatic carbocycles. The van der Waals surface area contributed by atoms with Gasteiger partial charge >= 0.3 is 0 Å². The molecule has 27 heavy (non-hydrogen) atoms. The standard InChI is InChI=1S/C18H23FN6O2/c1-27-14-10-20-18(21-11-14)24-7-4-16-22-15(12-25(16)9-8-24)17(26)23-5-2-13(19)3-6-23/h10-13H,2-9H2,1H3. The number of anilines is 1. The Balaban J connectivity index is 1.42. The van der Waals surface area contributed by atoms with Gasteiger partial charge < -0.3 is 19.1 Å². The first-order valence-corrected chi connectivity index (χ1v) is 9.24. The number of piperidine rings is 1. The van der Waals surface area contributed by atoms with Crippen molar-refractivity contribution in [1.82, 2.24) is 24.4 Å². The molecule has 2 aromatic rings. The summed E-state index contributed by atoms with van der Waals surface area (Å²) in [5.41, 5.74) is 0.455. The third kappa shape index (κ3) is 3.72. The molecule has 2 aliphatic rings. The van der Waals surface area contributed by atoms with Crippen LogP contribution in [0.2, 0.25) is 0 Å². The van der Waals surface area contributed by atoms with Crippen molar-refractivity contribution < 1.29 is 13.9 Å². The number of rotatable bonds is 3. The van der Waals surface area contributed by atoms with E-state index >= 15 is 0 Å². The molecule has 0 N–H and O–H groups in total. The molecule has 0 unspecified atom stereocenters. The van der Waals surface area contributed by atoms with Crippen LogP contribution in [0.1, 0.15) is 29.2 Å². The van der Waals surface area contributed by atoms with Crippen molar-refractivity contribution in [3.8, 4) is 5.75 Å². The molecule has 9 heteroatoms. The summed E-state index contributed by atoms with van der Waals surface area (Å²) in [6.45, 7) is 3.09. The van der Waals surface area contributed by atoms with Gasteiger partial charge in [-0.25, -0.2) is 19.3 Å². The molecule has 4 rings (SSSR count). The van der Waals surface area contributed by atoms with Crippen molar-refractivity contribution in [2.75, 3.05) is 38.2 Å². The summed E-state index contributed by atoms with van der Waals surface area (Å²) in [5.74, 6) is 2.07. The second-order valence-corrected chi connectivity index (χ2v) is 6.86. The fourth-order valence-electron chi connectivity index (χ4n) is 3.52. The van der Waals surface area contributed by atoms with Crippen LogP contribution < -0.4 is 9.64 Å². The molecular formula is C18H23FN6O2. The SMILES string of the molecule is COc1cnc(N2CCc3nc(C(=O)N4CCC(F)CC4)cn3CC2)nc1. The maximum absolute atomic E-state index is 13.3. The summed E-state index contributed by atoms with van der Waals surface area (Å²) in [4.78, 5) is 29.7. The fourth-order valence-corrected chi connectivity index (χ4v) is 3.52. The van der Waals surface area contributed by atoms with Gasteiger partial charge in [0.25, 0.3) is 5.91 Å². The monoisotopic (exact) mass is 374 g/mol. The molecule has 0 radical (unpaired) electrons. The smallest absolute Gasteiger partial charge is 0.274 e. The number of fused-ring (bicyclic) bond motifs is 1. The molecule has 2 aliphatic heterocycles. The molecule has 0 spiro atoms. The topological polar surface area (TPSA) is 76.4 Å². The molecule has 0 atom stereocenters. The highest BCUT2D eigenvalue weighted by Gasteiger charge is 2.26. The molecule has 1 saturated heterocycles. The second-order valence-electron chi connectivity index (χ2n) is 6.86. The lowest BCUT2D eigenvalue weighted by atomic mass is 10.1. The fraction of sp³-hybridized carbons (Fsp3) is 0.556. The average molecular weight is 374 g/mol. The summed E-state index contributed by atoms with van der Waals surface area (Å²) in [7, 11) is 1.59. The van der Waals surface area contributed by atoms with Crippen molar-refractivity contribution in [2.24, 2.45) is 0 Å². The van der Waals surface area contributed by atoms with Crippen molar-refractivity contribution in [3.05, 3.63) is 30.1 Å². The highest BCUT2D eigenvalue weighted by atomic mass is 19.1. The molecule has 1 amide bonds. The van der Waals surface area contributed by atoms with E-state index in [0.717, 1.165) is 18.9 Å². The molecule has 2 aromatic heterocycles. The van der Waals surface area contributed by atoms with Crippen LogP contribution in [0, 0.1) is 0 Å². The molecule has 144 valence electrons. The van der Waals surface area contributed by atoms with E-state index in [1.165, 1.54) is 0 Å². The van der Waals surface area contributed by atoms with Crippen LogP contribution in [0.25, 0.3) is 0 Å². The van der Waals surface area contributed by atoms with Gasteiger partial charge in [-0.3, -0.25) is 4.79 Å². The number of ether oxygens (including phenoxy) is 1. The van der Waals surface area contributed by atoms with Crippen LogP contribution in [0.4, 0.5) is 10.3 Å². The number of nitrogens with zero attached hydrogens (tertiary/aromatic N) is 6. The first kappa shape index (κ1) is 17.7. The Hall–Kier alpha value is -2.71. The normalized spacial score (nSPS) is 18.1. The first-order valence-electron chi connectivity index (χ1n) is 9.24. The maximum Gasteiger partial charge on any atom is 0.274 e.